The van der Waals surface area contributed by atoms with Crippen LogP contribution in [0.5, 0.6) is 0 Å². The van der Waals surface area contributed by atoms with Crippen molar-refractivity contribution in [2.75, 3.05) is 16.9 Å². The summed E-state index contributed by atoms with van der Waals surface area (Å²) < 4.78 is 1.17. The Hall–Kier alpha value is 0.0200. The molecule has 1 saturated heterocycles. The Morgan fingerprint density at radius 3 is 2.69 bits per heavy atom. The standard InChI is InChI=1S/C10H11IN2OS.ClH/c11-7-1-3-8(4-2-7)13-10(14)9-5-15-6-12-9;/h1-4,9,12H,5-6H2,(H,13,14);1H/t9-;/m1./s1. The van der Waals surface area contributed by atoms with E-state index in [4.69, 9.17) is 0 Å². The molecule has 3 nitrogen and oxygen atoms in total. The van der Waals surface area contributed by atoms with Gasteiger partial charge in [-0.1, -0.05) is 0 Å². The lowest BCUT2D eigenvalue weighted by Gasteiger charge is -2.10. The number of benzene rings is 1. The number of carbonyl (C=O) groups excluding carboxylic acids is 1. The Morgan fingerprint density at radius 1 is 1.44 bits per heavy atom. The minimum atomic E-state index is -0.0470. The lowest BCUT2D eigenvalue weighted by molar-refractivity contribution is -0.117. The van der Waals surface area contributed by atoms with Crippen molar-refractivity contribution in [3.8, 4) is 0 Å². The van der Waals surface area contributed by atoms with E-state index in [0.29, 0.717) is 0 Å². The van der Waals surface area contributed by atoms with Gasteiger partial charge in [-0.2, -0.15) is 0 Å². The first-order valence-corrected chi connectivity index (χ1v) is 6.86. The third-order valence-electron chi connectivity index (χ3n) is 2.14. The van der Waals surface area contributed by atoms with E-state index in [2.05, 4.69) is 33.2 Å². The van der Waals surface area contributed by atoms with Gasteiger partial charge in [0.2, 0.25) is 5.91 Å². The summed E-state index contributed by atoms with van der Waals surface area (Å²) in [6.45, 7) is 0. The number of hydrogen-bond donors (Lipinski definition) is 2. The molecule has 0 unspecified atom stereocenters. The Bertz CT molecular complexity index is 354. The third-order valence-corrected chi connectivity index (χ3v) is 3.80. The molecule has 88 valence electrons. The van der Waals surface area contributed by atoms with E-state index >= 15 is 0 Å². The molecule has 1 atom stereocenters. The van der Waals surface area contributed by atoms with Gasteiger partial charge < -0.3 is 5.32 Å². The second-order valence-electron chi connectivity index (χ2n) is 3.27. The molecule has 0 aliphatic carbocycles. The summed E-state index contributed by atoms with van der Waals surface area (Å²) >= 11 is 3.99. The predicted octanol–water partition coefficient (Wildman–Crippen LogP) is 2.31. The van der Waals surface area contributed by atoms with E-state index in [0.717, 1.165) is 17.3 Å². The number of nitrogens with one attached hydrogen (secondary N) is 2. The van der Waals surface area contributed by atoms with Gasteiger partial charge in [-0.25, -0.2) is 0 Å². The Labute approximate surface area is 119 Å². The van der Waals surface area contributed by atoms with E-state index in [1.807, 2.05) is 24.3 Å². The second-order valence-corrected chi connectivity index (χ2v) is 5.54. The third kappa shape index (κ3) is 3.80. The van der Waals surface area contributed by atoms with E-state index in [9.17, 15) is 4.79 Å². The maximum atomic E-state index is 11.7. The number of halogens is 2. The molecule has 1 aromatic rings. The molecule has 0 spiro atoms. The van der Waals surface area contributed by atoms with Crippen molar-refractivity contribution in [3.05, 3.63) is 27.8 Å². The van der Waals surface area contributed by atoms with Gasteiger partial charge in [0, 0.05) is 20.9 Å². The number of carbonyl (C=O) groups is 1. The second kappa shape index (κ2) is 6.68. The summed E-state index contributed by atoms with van der Waals surface area (Å²) in [4.78, 5) is 11.7. The number of anilines is 1. The highest BCUT2D eigenvalue weighted by Gasteiger charge is 2.22. The summed E-state index contributed by atoms with van der Waals surface area (Å²) in [6.07, 6.45) is 0. The Kier molecular flexibility index (Phi) is 5.88. The average Bonchev–Trinajstić information content (AvgIpc) is 2.74. The van der Waals surface area contributed by atoms with Crippen molar-refractivity contribution in [2.45, 2.75) is 6.04 Å². The summed E-state index contributed by atoms with van der Waals surface area (Å²) in [5.41, 5.74) is 0.860. The van der Waals surface area contributed by atoms with Crippen LogP contribution in [0.2, 0.25) is 0 Å². The fourth-order valence-electron chi connectivity index (χ4n) is 1.33. The topological polar surface area (TPSA) is 41.1 Å². The normalized spacial score (nSPS) is 18.9. The van der Waals surface area contributed by atoms with Crippen LogP contribution in [0, 0.1) is 3.57 Å². The van der Waals surface area contributed by atoms with Gasteiger partial charge in [0.05, 0.1) is 6.04 Å². The summed E-state index contributed by atoms with van der Waals surface area (Å²) in [6, 6.07) is 7.75. The molecule has 1 aromatic carbocycles. The number of thioether (sulfide) groups is 1. The van der Waals surface area contributed by atoms with Crippen molar-refractivity contribution in [1.82, 2.24) is 5.32 Å². The smallest absolute Gasteiger partial charge is 0.242 e. The highest BCUT2D eigenvalue weighted by Crippen LogP contribution is 2.14. The number of hydrogen-bond acceptors (Lipinski definition) is 3. The summed E-state index contributed by atoms with van der Waals surface area (Å²) in [7, 11) is 0. The zero-order valence-corrected chi connectivity index (χ0v) is 12.2. The molecule has 2 rings (SSSR count). The van der Waals surface area contributed by atoms with Crippen LogP contribution < -0.4 is 10.6 Å². The molecule has 1 fully saturated rings. The van der Waals surface area contributed by atoms with Gasteiger partial charge >= 0.3 is 0 Å². The van der Waals surface area contributed by atoms with E-state index < -0.39 is 0 Å². The molecule has 2 N–H and O–H groups in total. The molecular weight excluding hydrogens is 359 g/mol. The quantitative estimate of drug-likeness (QED) is 0.785. The Morgan fingerprint density at radius 2 is 2.12 bits per heavy atom. The first-order chi connectivity index (χ1) is 7.25. The van der Waals surface area contributed by atoms with Crippen LogP contribution in [0.3, 0.4) is 0 Å². The van der Waals surface area contributed by atoms with E-state index in [1.165, 1.54) is 3.57 Å². The van der Waals surface area contributed by atoms with Crippen LogP contribution in [-0.4, -0.2) is 23.6 Å². The Balaban J connectivity index is 0.00000128. The zero-order valence-electron chi connectivity index (χ0n) is 8.40. The van der Waals surface area contributed by atoms with Crippen molar-refractivity contribution >= 4 is 58.4 Å². The van der Waals surface area contributed by atoms with Gasteiger partial charge in [0.25, 0.3) is 0 Å². The monoisotopic (exact) mass is 370 g/mol. The van der Waals surface area contributed by atoms with E-state index in [-0.39, 0.29) is 24.4 Å². The predicted molar refractivity (Wildman–Crippen MR) is 79.3 cm³/mol. The highest BCUT2D eigenvalue weighted by atomic mass is 127. The fourth-order valence-corrected chi connectivity index (χ4v) is 2.63. The minimum absolute atomic E-state index is 0. The molecule has 1 aliphatic heterocycles. The van der Waals surface area contributed by atoms with Gasteiger partial charge in [0.1, 0.15) is 0 Å². The number of rotatable bonds is 2. The zero-order chi connectivity index (χ0) is 10.7. The van der Waals surface area contributed by atoms with Gasteiger partial charge in [-0.05, 0) is 46.9 Å². The first kappa shape index (κ1) is 14.1. The van der Waals surface area contributed by atoms with Crippen LogP contribution in [0.15, 0.2) is 24.3 Å². The molecule has 0 saturated carbocycles. The van der Waals surface area contributed by atoms with Crippen LogP contribution in [0.1, 0.15) is 0 Å². The lowest BCUT2D eigenvalue weighted by atomic mass is 10.3. The molecule has 16 heavy (non-hydrogen) atoms. The van der Waals surface area contributed by atoms with Crippen LogP contribution in [-0.2, 0) is 4.79 Å². The highest BCUT2D eigenvalue weighted by molar-refractivity contribution is 14.1. The molecule has 0 aromatic heterocycles. The first-order valence-electron chi connectivity index (χ1n) is 4.63. The van der Waals surface area contributed by atoms with Crippen molar-refractivity contribution in [2.24, 2.45) is 0 Å². The lowest BCUT2D eigenvalue weighted by Crippen LogP contribution is -2.37. The molecular formula is C10H12ClIN2OS. The minimum Gasteiger partial charge on any atom is -0.325 e. The molecule has 1 amide bonds. The van der Waals surface area contributed by atoms with Crippen molar-refractivity contribution in [1.29, 1.82) is 0 Å². The molecule has 0 radical (unpaired) electrons. The molecule has 6 heteroatoms. The summed E-state index contributed by atoms with van der Waals surface area (Å²) in [5.74, 6) is 1.78. The van der Waals surface area contributed by atoms with E-state index in [1.54, 1.807) is 11.8 Å². The molecule has 1 aliphatic rings. The summed E-state index contributed by atoms with van der Waals surface area (Å²) in [5, 5.41) is 6.03. The van der Waals surface area contributed by atoms with Gasteiger partial charge in [-0.3, -0.25) is 10.1 Å². The molecule has 0 bridgehead atoms. The van der Waals surface area contributed by atoms with Crippen LogP contribution >= 0.6 is 46.8 Å². The van der Waals surface area contributed by atoms with Gasteiger partial charge in [-0.15, -0.1) is 24.2 Å². The largest absolute Gasteiger partial charge is 0.325 e. The average molecular weight is 371 g/mol. The SMILES string of the molecule is Cl.O=C(Nc1ccc(I)cc1)[C@H]1CSCN1. The van der Waals surface area contributed by atoms with Crippen LogP contribution in [0.25, 0.3) is 0 Å². The number of amides is 1. The van der Waals surface area contributed by atoms with Crippen molar-refractivity contribution in [3.63, 3.8) is 0 Å². The van der Waals surface area contributed by atoms with Crippen LogP contribution in [0.4, 0.5) is 5.69 Å². The maximum Gasteiger partial charge on any atom is 0.242 e. The maximum absolute atomic E-state index is 11.7. The fraction of sp³-hybridized carbons (Fsp3) is 0.300. The van der Waals surface area contributed by atoms with Crippen molar-refractivity contribution < 1.29 is 4.79 Å². The van der Waals surface area contributed by atoms with Gasteiger partial charge in [0.15, 0.2) is 0 Å². The molecule has 1 heterocycles.